The van der Waals surface area contributed by atoms with Gasteiger partial charge in [-0.25, -0.2) is 9.13 Å². The summed E-state index contributed by atoms with van der Waals surface area (Å²) in [6, 6.07) is 0. The van der Waals surface area contributed by atoms with Gasteiger partial charge in [0.15, 0.2) is 12.2 Å². The lowest BCUT2D eigenvalue weighted by atomic mass is 10.0. The van der Waals surface area contributed by atoms with Gasteiger partial charge in [0.1, 0.15) is 19.3 Å². The van der Waals surface area contributed by atoms with Gasteiger partial charge in [-0.2, -0.15) is 0 Å². The van der Waals surface area contributed by atoms with Crippen LogP contribution >= 0.6 is 15.6 Å². The molecular formula is C79H150O17P2. The molecule has 0 saturated heterocycles. The maximum atomic E-state index is 13.1. The maximum Gasteiger partial charge on any atom is 0.472 e. The number of aliphatic hydroxyl groups is 1. The van der Waals surface area contributed by atoms with E-state index in [0.29, 0.717) is 25.7 Å². The van der Waals surface area contributed by atoms with Crippen LogP contribution in [0, 0.1) is 5.92 Å². The lowest BCUT2D eigenvalue weighted by Crippen LogP contribution is -2.30. The molecule has 0 heterocycles. The highest BCUT2D eigenvalue weighted by Crippen LogP contribution is 2.45. The number of hydrogen-bond donors (Lipinski definition) is 3. The van der Waals surface area contributed by atoms with Crippen LogP contribution in [-0.4, -0.2) is 96.7 Å². The highest BCUT2D eigenvalue weighted by Gasteiger charge is 2.30. The smallest absolute Gasteiger partial charge is 0.462 e. The lowest BCUT2D eigenvalue weighted by Gasteiger charge is -2.21. The van der Waals surface area contributed by atoms with E-state index in [1.54, 1.807) is 0 Å². The number of allylic oxidation sites excluding steroid dienone is 4. The molecule has 0 aliphatic heterocycles. The third-order valence-corrected chi connectivity index (χ3v) is 19.8. The first-order valence-corrected chi connectivity index (χ1v) is 43.4. The number of rotatable bonds is 77. The minimum absolute atomic E-state index is 0.102. The molecule has 98 heavy (non-hydrogen) atoms. The van der Waals surface area contributed by atoms with Crippen LogP contribution in [0.15, 0.2) is 24.3 Å². The fraction of sp³-hybridized carbons (Fsp3) is 0.899. The Morgan fingerprint density at radius 1 is 0.316 bits per heavy atom. The maximum absolute atomic E-state index is 13.1. The molecule has 0 aromatic heterocycles. The van der Waals surface area contributed by atoms with Crippen LogP contribution in [0.2, 0.25) is 0 Å². The molecule has 0 bridgehead atoms. The van der Waals surface area contributed by atoms with Crippen molar-refractivity contribution in [2.75, 3.05) is 39.6 Å². The van der Waals surface area contributed by atoms with Crippen LogP contribution in [-0.2, 0) is 65.4 Å². The van der Waals surface area contributed by atoms with Crippen molar-refractivity contribution in [3.8, 4) is 0 Å². The average molecular weight is 1430 g/mol. The standard InChI is InChI=1S/C79H150O17P2/c1-6-9-12-15-18-21-24-26-28-29-30-31-32-34-36-39-44-49-54-59-64-78(83)95-74(68-90-77(82)63-58-53-48-43-38-35-33-27-25-22-19-16-13-10-7-2)70-93-97(85,86)91-66-73(80)67-92-98(87,88)94-71-75(69-89-76(81)62-57-52-47-42-37-23-20-17-14-11-8-3)96-79(84)65-60-55-50-45-40-41-46-51-56-61-72(4)5/h22,25,27,33,72-75,80H,6-21,23-24,26,28-32,34-71H2,1-5H3,(H,85,86)(H,87,88)/b25-22-,33-27-/t73-,74-,75-/m1/s1. The van der Waals surface area contributed by atoms with Crippen LogP contribution in [0.4, 0.5) is 0 Å². The van der Waals surface area contributed by atoms with E-state index in [9.17, 15) is 43.2 Å². The number of esters is 4. The number of carbonyl (C=O) groups is 4. The summed E-state index contributed by atoms with van der Waals surface area (Å²) in [5.74, 6) is -1.41. The Labute approximate surface area is 599 Å². The zero-order valence-electron chi connectivity index (χ0n) is 63.4. The van der Waals surface area contributed by atoms with Crippen molar-refractivity contribution < 1.29 is 80.2 Å². The SMILES string of the molecule is CCCCCC/C=C\C=C/CCCCCCCC(=O)OC[C@H](COP(=O)(O)OC[C@@H](O)COP(=O)(O)OC[C@@H](COC(=O)CCCCCCCCCCCCC)OC(=O)CCCCCCCCCCCC(C)C)OC(=O)CCCCCCCCCCCCCCCCCCCCCC. The molecule has 0 radical (unpaired) electrons. The molecule has 0 rings (SSSR count). The number of phosphoric acid groups is 2. The number of phosphoric ester groups is 2. The molecular weight excluding hydrogens is 1280 g/mol. The van der Waals surface area contributed by atoms with E-state index in [-0.39, 0.29) is 25.7 Å². The summed E-state index contributed by atoms with van der Waals surface area (Å²) in [6.45, 7) is 7.22. The van der Waals surface area contributed by atoms with Gasteiger partial charge in [-0.1, -0.05) is 341 Å². The monoisotopic (exact) mass is 1430 g/mol. The minimum Gasteiger partial charge on any atom is -0.462 e. The summed E-state index contributed by atoms with van der Waals surface area (Å²) in [4.78, 5) is 72.9. The van der Waals surface area contributed by atoms with Crippen molar-refractivity contribution >= 4 is 39.5 Å². The zero-order valence-corrected chi connectivity index (χ0v) is 65.2. The third kappa shape index (κ3) is 71.9. The Bertz CT molecular complexity index is 1970. The largest absolute Gasteiger partial charge is 0.472 e. The number of hydrogen-bond acceptors (Lipinski definition) is 15. The first kappa shape index (κ1) is 95.5. The van der Waals surface area contributed by atoms with E-state index in [0.717, 1.165) is 115 Å². The molecule has 5 atom stereocenters. The Kier molecular flexibility index (Phi) is 69.7. The number of ether oxygens (including phenoxy) is 4. The normalized spacial score (nSPS) is 14.1. The summed E-state index contributed by atoms with van der Waals surface area (Å²) in [5, 5.41) is 10.6. The average Bonchev–Trinajstić information content (AvgIpc) is 1.03. The predicted molar refractivity (Wildman–Crippen MR) is 400 cm³/mol. The summed E-state index contributed by atoms with van der Waals surface area (Å²) in [6.07, 6.45) is 64.6. The van der Waals surface area contributed by atoms with Gasteiger partial charge < -0.3 is 33.8 Å². The molecule has 2 unspecified atom stereocenters. The summed E-state index contributed by atoms with van der Waals surface area (Å²) in [5.41, 5.74) is 0. The first-order chi connectivity index (χ1) is 47.5. The van der Waals surface area contributed by atoms with Gasteiger partial charge >= 0.3 is 39.5 Å². The van der Waals surface area contributed by atoms with E-state index in [2.05, 4.69) is 58.9 Å². The fourth-order valence-electron chi connectivity index (χ4n) is 11.7. The van der Waals surface area contributed by atoms with Gasteiger partial charge in [0.25, 0.3) is 0 Å². The minimum atomic E-state index is -4.97. The first-order valence-electron chi connectivity index (χ1n) is 40.5. The summed E-state index contributed by atoms with van der Waals surface area (Å²) >= 11 is 0. The molecule has 19 heteroatoms. The van der Waals surface area contributed by atoms with Gasteiger partial charge in [-0.15, -0.1) is 0 Å². The Morgan fingerprint density at radius 3 is 0.837 bits per heavy atom. The second-order valence-corrected chi connectivity index (χ2v) is 31.2. The molecule has 0 saturated carbocycles. The summed E-state index contributed by atoms with van der Waals surface area (Å²) in [7, 11) is -9.93. The number of carbonyl (C=O) groups excluding carboxylic acids is 4. The van der Waals surface area contributed by atoms with E-state index >= 15 is 0 Å². The predicted octanol–water partition coefficient (Wildman–Crippen LogP) is 23.2. The molecule has 0 aliphatic carbocycles. The van der Waals surface area contributed by atoms with Crippen LogP contribution in [0.3, 0.4) is 0 Å². The molecule has 0 amide bonds. The topological polar surface area (TPSA) is 237 Å². The van der Waals surface area contributed by atoms with Gasteiger partial charge in [0, 0.05) is 25.7 Å². The van der Waals surface area contributed by atoms with Crippen LogP contribution in [0.5, 0.6) is 0 Å². The molecule has 0 aromatic rings. The Morgan fingerprint density at radius 2 is 0.551 bits per heavy atom. The van der Waals surface area contributed by atoms with Crippen molar-refractivity contribution in [3.05, 3.63) is 24.3 Å². The quantitative estimate of drug-likeness (QED) is 0.0169. The van der Waals surface area contributed by atoms with E-state index in [1.165, 1.54) is 199 Å². The van der Waals surface area contributed by atoms with Crippen molar-refractivity contribution in [1.82, 2.24) is 0 Å². The fourth-order valence-corrected chi connectivity index (χ4v) is 13.3. The van der Waals surface area contributed by atoms with Gasteiger partial charge in [0.2, 0.25) is 0 Å². The van der Waals surface area contributed by atoms with Crippen molar-refractivity contribution in [1.29, 1.82) is 0 Å². The third-order valence-electron chi connectivity index (χ3n) is 17.9. The molecule has 0 aliphatic rings. The van der Waals surface area contributed by atoms with Crippen LogP contribution in [0.1, 0.15) is 394 Å². The van der Waals surface area contributed by atoms with E-state index in [1.807, 2.05) is 0 Å². The van der Waals surface area contributed by atoms with Gasteiger partial charge in [-0.05, 0) is 57.3 Å². The highest BCUT2D eigenvalue weighted by molar-refractivity contribution is 7.47. The lowest BCUT2D eigenvalue weighted by molar-refractivity contribution is -0.161. The zero-order chi connectivity index (χ0) is 71.9. The number of aliphatic hydroxyl groups excluding tert-OH is 1. The second kappa shape index (κ2) is 71.5. The summed E-state index contributed by atoms with van der Waals surface area (Å²) < 4.78 is 68.6. The molecule has 17 nitrogen and oxygen atoms in total. The van der Waals surface area contributed by atoms with Crippen molar-refractivity contribution in [2.45, 2.75) is 412 Å². The van der Waals surface area contributed by atoms with E-state index in [4.69, 9.17) is 37.0 Å². The van der Waals surface area contributed by atoms with Crippen LogP contribution in [0.25, 0.3) is 0 Å². The molecule has 3 N–H and O–H groups in total. The second-order valence-electron chi connectivity index (χ2n) is 28.2. The molecule has 0 spiro atoms. The molecule has 0 aromatic carbocycles. The Balaban J connectivity index is 5.26. The van der Waals surface area contributed by atoms with Crippen molar-refractivity contribution in [3.63, 3.8) is 0 Å². The molecule has 0 fully saturated rings. The van der Waals surface area contributed by atoms with Gasteiger partial charge in [0.05, 0.1) is 26.4 Å². The van der Waals surface area contributed by atoms with Crippen molar-refractivity contribution in [2.24, 2.45) is 5.92 Å². The van der Waals surface area contributed by atoms with E-state index < -0.39 is 97.5 Å². The van der Waals surface area contributed by atoms with Crippen LogP contribution < -0.4 is 0 Å². The molecule has 578 valence electrons. The highest BCUT2D eigenvalue weighted by atomic mass is 31.2. The van der Waals surface area contributed by atoms with Gasteiger partial charge in [-0.3, -0.25) is 37.3 Å². The number of unbranched alkanes of at least 4 members (excludes halogenated alkanes) is 46. The Hall–Kier alpha value is -2.46.